The molecule has 138 heavy (non-hydrogen) atoms. The van der Waals surface area contributed by atoms with Crippen molar-refractivity contribution in [3.63, 3.8) is 0 Å². The van der Waals surface area contributed by atoms with E-state index in [2.05, 4.69) is 124 Å². The third kappa shape index (κ3) is 29.7. The summed E-state index contributed by atoms with van der Waals surface area (Å²) >= 11 is 0. The van der Waals surface area contributed by atoms with Crippen LogP contribution in [-0.4, -0.2) is 280 Å². The number of aryl methyl sites for hydroxylation is 4. The van der Waals surface area contributed by atoms with Crippen LogP contribution in [0.2, 0.25) is 0 Å². The summed E-state index contributed by atoms with van der Waals surface area (Å²) in [7, 11) is 7.67. The Morgan fingerprint density at radius 2 is 0.543 bits per heavy atom. The van der Waals surface area contributed by atoms with Crippen LogP contribution in [0.3, 0.4) is 0 Å². The molecule has 0 radical (unpaired) electrons. The van der Waals surface area contributed by atoms with Crippen molar-refractivity contribution in [1.82, 2.24) is 83.4 Å². The third-order valence-electron chi connectivity index (χ3n) is 28.4. The predicted molar refractivity (Wildman–Crippen MR) is 526 cm³/mol. The van der Waals surface area contributed by atoms with Crippen molar-refractivity contribution in [2.24, 2.45) is 0 Å². The highest BCUT2D eigenvalue weighted by Gasteiger charge is 2.47. The van der Waals surface area contributed by atoms with Gasteiger partial charge in [0.15, 0.2) is 0 Å². The van der Waals surface area contributed by atoms with E-state index in [1.54, 1.807) is 103 Å². The summed E-state index contributed by atoms with van der Waals surface area (Å²) in [5.41, 5.74) is 9.43. The number of fused-ring (bicyclic) bond motifs is 4. The Morgan fingerprint density at radius 3 is 0.775 bits per heavy atom. The lowest BCUT2D eigenvalue weighted by Crippen LogP contribution is -2.59. The lowest BCUT2D eigenvalue weighted by molar-refractivity contribution is -0.145. The summed E-state index contributed by atoms with van der Waals surface area (Å²) in [6, 6.07) is 23.2. The first-order valence-corrected chi connectivity index (χ1v) is 50.2. The second-order valence-corrected chi connectivity index (χ2v) is 37.6. The first-order chi connectivity index (χ1) is 66.6. The van der Waals surface area contributed by atoms with Gasteiger partial charge in [-0.1, -0.05) is 122 Å². The Hall–Kier alpha value is -10.7. The van der Waals surface area contributed by atoms with Crippen LogP contribution in [0.15, 0.2) is 97.1 Å². The number of aliphatic hydroxyl groups excluding tert-OH is 1. The topological polar surface area (TPSA) is 419 Å². The molecule has 4 fully saturated rings. The first-order valence-electron chi connectivity index (χ1n) is 50.2. The van der Waals surface area contributed by atoms with Gasteiger partial charge in [0.2, 0.25) is 70.9 Å². The lowest BCUT2D eigenvalue weighted by Gasteiger charge is -2.33. The molecular formula is C105H152N16O17. The van der Waals surface area contributed by atoms with E-state index in [1.165, 1.54) is 22.3 Å². The molecule has 8 aliphatic rings. The van der Waals surface area contributed by atoms with Crippen molar-refractivity contribution in [2.75, 3.05) is 87.9 Å². The molecule has 4 aliphatic carbocycles. The van der Waals surface area contributed by atoms with E-state index >= 15 is 0 Å². The minimum atomic E-state index is -1.09. The predicted octanol–water partition coefficient (Wildman–Crippen LogP) is 5.88. The summed E-state index contributed by atoms with van der Waals surface area (Å²) in [6.45, 7) is 15.8. The average molecular weight is 1910 g/mol. The lowest BCUT2D eigenvalue weighted by atomic mass is 9.87. The van der Waals surface area contributed by atoms with Gasteiger partial charge in [-0.3, -0.25) is 57.5 Å². The van der Waals surface area contributed by atoms with Crippen molar-refractivity contribution >= 4 is 70.9 Å². The summed E-state index contributed by atoms with van der Waals surface area (Å²) < 4.78 is 24.4. The zero-order valence-electron chi connectivity index (χ0n) is 83.2. The highest BCUT2D eigenvalue weighted by atomic mass is 16.5. The number of likely N-dealkylation sites (N-methyl/N-ethyl adjacent to an activating group) is 4. The number of benzene rings is 4. The molecule has 4 aromatic rings. The van der Waals surface area contributed by atoms with Gasteiger partial charge >= 0.3 is 0 Å². The fourth-order valence-corrected chi connectivity index (χ4v) is 19.8. The number of nitrogens with one attached hydrogen (secondary N) is 12. The maximum Gasteiger partial charge on any atom is 0.248 e. The summed E-state index contributed by atoms with van der Waals surface area (Å²) in [4.78, 5) is 171. The standard InChI is InChI=1S/C52H78N8O8.C52H70N8O8.CH4O/c2*1-33(53-5)47(61)57-45(51(65)59-29-17-27-43(59)49(63)55-41-25-15-21-37-19-9-11-23-39(37)41)35(3)67-31-13-7-8-14-32-68-36(4)46(58-48(62)34(2)54-6)52(66)60-30-18-28-44(60)50(64)56-42-26-16-22-38-20-10-12-24-40(38)42;1-2/h9-12,19-20,23-24,33-36,41-46,53-54H,7-8,13-18,21-22,25-32H2,1-6H3,(H,55,63)(H,56,64)(H,57,61)(H,58,62);9-12,19-20,23-24,33-36,41-46,53-54H,15-18,21-22,25-32H2,1-6H3,(H,55,63)(H,56,64)(H,57,61)(H,58,62);2H,1H3/t2*33-,34-,35?,36?,41+,42+,43-,44-,45-,46-;/m00./s1. The third-order valence-corrected chi connectivity index (χ3v) is 28.4. The van der Waals surface area contributed by atoms with Crippen molar-refractivity contribution in [3.8, 4) is 23.7 Å². The maximum atomic E-state index is 14.3. The van der Waals surface area contributed by atoms with Crippen LogP contribution in [0.1, 0.15) is 252 Å². The SMILES string of the molecule is CN[C@@H](C)C(=O)N[C@H](C(=O)N1CCC[C@H]1C(=O)N[C@@H]1CCCc2ccccc21)C(C)OCC#CC#CCOC(C)[C@H](NC(=O)[C@H](C)NC)C(=O)N1CCC[C@H]1C(=O)N[C@@H]1CCCc2ccccc21.CN[C@@H](C)C(=O)N[C@H](C(=O)N1CCC[C@H]1C(=O)N[C@@H]1CCCc2ccccc21)C(C)OCCCCCCOC(C)[C@H](NC(=O)[C@H](C)NC)C(=O)N1CCC[C@H]1C(=O)N[C@@H]1CCCc2ccccc21.CO. The monoisotopic (exact) mass is 1910 g/mol. The number of aliphatic hydroxyl groups is 1. The highest BCUT2D eigenvalue weighted by molar-refractivity contribution is 5.97. The molecule has 20 atom stereocenters. The zero-order chi connectivity index (χ0) is 99.5. The van der Waals surface area contributed by atoms with E-state index in [9.17, 15) is 57.5 Å². The number of rotatable bonds is 41. The van der Waals surface area contributed by atoms with Gasteiger partial charge in [0, 0.05) is 46.5 Å². The largest absolute Gasteiger partial charge is 0.400 e. The number of carbonyl (C=O) groups excluding carboxylic acids is 12. The fraction of sp³-hybridized carbons (Fsp3) is 0.619. The van der Waals surface area contributed by atoms with Gasteiger partial charge in [0.25, 0.3) is 0 Å². The smallest absolute Gasteiger partial charge is 0.248 e. The quantitative estimate of drug-likeness (QED) is 0.0182. The van der Waals surface area contributed by atoms with E-state index in [1.807, 2.05) is 60.7 Å². The first kappa shape index (κ1) is 109. The zero-order valence-corrected chi connectivity index (χ0v) is 83.2. The van der Waals surface area contributed by atoms with Crippen LogP contribution in [0.4, 0.5) is 0 Å². The number of nitrogens with zero attached hydrogens (tertiary/aromatic N) is 4. The van der Waals surface area contributed by atoms with Crippen LogP contribution in [0.5, 0.6) is 0 Å². The van der Waals surface area contributed by atoms with Gasteiger partial charge in [0.05, 0.1) is 72.8 Å². The van der Waals surface area contributed by atoms with Gasteiger partial charge < -0.3 is 107 Å². The molecule has 4 unspecified atom stereocenters. The molecule has 4 heterocycles. The molecule has 13 N–H and O–H groups in total. The molecule has 0 spiro atoms. The van der Waals surface area contributed by atoms with Gasteiger partial charge in [0.1, 0.15) is 61.5 Å². The van der Waals surface area contributed by atoms with Crippen LogP contribution in [-0.2, 0) is 102 Å². The molecule has 4 aliphatic heterocycles. The number of ether oxygens (including phenoxy) is 4. The number of hydrogen-bond acceptors (Lipinski definition) is 21. The minimum absolute atomic E-state index is 0.102. The van der Waals surface area contributed by atoms with E-state index in [0.717, 1.165) is 119 Å². The van der Waals surface area contributed by atoms with E-state index in [-0.39, 0.29) is 84.6 Å². The molecule has 4 saturated heterocycles. The van der Waals surface area contributed by atoms with Crippen LogP contribution < -0.4 is 63.8 Å². The van der Waals surface area contributed by atoms with Crippen LogP contribution in [0.25, 0.3) is 0 Å². The van der Waals surface area contributed by atoms with Gasteiger partial charge in [-0.15, -0.1) is 0 Å². The normalized spacial score (nSPS) is 22.2. The Kier molecular flexibility index (Phi) is 43.8. The molecule has 0 aromatic heterocycles. The summed E-state index contributed by atoms with van der Waals surface area (Å²) in [6.07, 6.45) is 16.0. The Balaban J connectivity index is 0.000000280. The van der Waals surface area contributed by atoms with Gasteiger partial charge in [-0.2, -0.15) is 0 Å². The van der Waals surface area contributed by atoms with E-state index in [4.69, 9.17) is 24.1 Å². The summed E-state index contributed by atoms with van der Waals surface area (Å²) in [5.74, 6) is 7.43. The number of amides is 12. The minimum Gasteiger partial charge on any atom is -0.400 e. The maximum absolute atomic E-state index is 14.3. The molecule has 0 saturated carbocycles. The molecule has 0 bridgehead atoms. The molecular weight excluding hydrogens is 1760 g/mol. The highest BCUT2D eigenvalue weighted by Crippen LogP contribution is 2.36. The van der Waals surface area contributed by atoms with E-state index in [0.29, 0.717) is 104 Å². The Morgan fingerprint density at radius 1 is 0.319 bits per heavy atom. The van der Waals surface area contributed by atoms with Crippen molar-refractivity contribution in [2.45, 2.75) is 331 Å². The Bertz CT molecular complexity index is 4580. The number of unbranched alkanes of at least 4 members (excludes halogenated alkanes) is 3. The van der Waals surface area contributed by atoms with Crippen molar-refractivity contribution < 1.29 is 81.6 Å². The number of likely N-dealkylation sites (tertiary alicyclic amines) is 4. The molecule has 4 aromatic carbocycles. The van der Waals surface area contributed by atoms with Gasteiger partial charge in [-0.25, -0.2) is 0 Å². The molecule has 12 amide bonds. The van der Waals surface area contributed by atoms with Crippen LogP contribution in [0, 0.1) is 23.7 Å². The Labute approximate surface area is 815 Å². The molecule has 754 valence electrons. The van der Waals surface area contributed by atoms with Crippen molar-refractivity contribution in [1.29, 1.82) is 0 Å². The molecule has 12 rings (SSSR count). The van der Waals surface area contributed by atoms with Crippen molar-refractivity contribution in [3.05, 3.63) is 142 Å². The average Bonchev–Trinajstić information content (AvgIpc) is 1.79. The molecule has 33 nitrogen and oxygen atoms in total. The molecule has 33 heteroatoms. The van der Waals surface area contributed by atoms with Crippen LogP contribution >= 0.6 is 0 Å². The van der Waals surface area contributed by atoms with Gasteiger partial charge in [-0.05, 0) is 281 Å². The second kappa shape index (κ2) is 55.3. The number of hydrogen-bond donors (Lipinski definition) is 13. The fourth-order valence-electron chi connectivity index (χ4n) is 19.8. The second-order valence-electron chi connectivity index (χ2n) is 37.6. The summed E-state index contributed by atoms with van der Waals surface area (Å²) in [5, 5.41) is 43.1. The van der Waals surface area contributed by atoms with E-state index < -0.39 is 121 Å². The number of carbonyl (C=O) groups is 12.